The largest absolute Gasteiger partial charge is 0.483 e. The van der Waals surface area contributed by atoms with Gasteiger partial charge in [-0.25, -0.2) is 4.79 Å². The molecule has 0 unspecified atom stereocenters. The fourth-order valence-corrected chi connectivity index (χ4v) is 3.73. The molecular formula is C16H17NO6PS+. The van der Waals surface area contributed by atoms with E-state index in [1.165, 1.54) is 23.9 Å². The predicted molar refractivity (Wildman–Crippen MR) is 96.6 cm³/mol. The highest BCUT2D eigenvalue weighted by Gasteiger charge is 2.45. The lowest BCUT2D eigenvalue weighted by Crippen LogP contribution is -2.08. The molecule has 0 aliphatic heterocycles. The number of nitrogens with zero attached hydrogens (tertiary/aromatic N) is 1. The topological polar surface area (TPSA) is 121 Å². The SMILES string of the molecule is Cc1ccc(CCSc2ccc([N+](=O)[O-])cc2C(=O)[P+](O)(O)O)cc1. The van der Waals surface area contributed by atoms with Crippen LogP contribution >= 0.6 is 19.7 Å². The summed E-state index contributed by atoms with van der Waals surface area (Å²) in [5, 5.41) is 10.9. The first-order chi connectivity index (χ1) is 11.7. The fourth-order valence-electron chi connectivity index (χ4n) is 2.12. The quantitative estimate of drug-likeness (QED) is 0.291. The summed E-state index contributed by atoms with van der Waals surface area (Å²) in [6, 6.07) is 11.5. The van der Waals surface area contributed by atoms with Gasteiger partial charge in [-0.1, -0.05) is 29.8 Å². The fraction of sp³-hybridized carbons (Fsp3) is 0.188. The molecule has 2 rings (SSSR count). The van der Waals surface area contributed by atoms with Crippen molar-refractivity contribution in [3.05, 3.63) is 69.3 Å². The number of thioether (sulfide) groups is 1. The van der Waals surface area contributed by atoms with Gasteiger partial charge in [0.15, 0.2) is 0 Å². The average Bonchev–Trinajstić information content (AvgIpc) is 2.55. The lowest BCUT2D eigenvalue weighted by Gasteiger charge is -2.08. The number of nitro benzene ring substituents is 1. The van der Waals surface area contributed by atoms with Gasteiger partial charge >= 0.3 is 13.5 Å². The predicted octanol–water partition coefficient (Wildman–Crippen LogP) is 3.12. The number of carbonyl (C=O) groups is 1. The highest BCUT2D eigenvalue weighted by atomic mass is 32.2. The summed E-state index contributed by atoms with van der Waals surface area (Å²) in [6.07, 6.45) is 0.702. The Morgan fingerprint density at radius 3 is 2.36 bits per heavy atom. The van der Waals surface area contributed by atoms with Crippen molar-refractivity contribution in [3.8, 4) is 0 Å². The number of hydrogen-bond acceptors (Lipinski definition) is 7. The first kappa shape index (κ1) is 19.5. The van der Waals surface area contributed by atoms with E-state index in [0.717, 1.165) is 17.2 Å². The molecule has 0 atom stereocenters. The summed E-state index contributed by atoms with van der Waals surface area (Å²) in [6.45, 7) is 1.99. The van der Waals surface area contributed by atoms with E-state index in [4.69, 9.17) is 0 Å². The molecule has 7 nitrogen and oxygen atoms in total. The lowest BCUT2D eigenvalue weighted by molar-refractivity contribution is -0.384. The molecule has 0 aliphatic carbocycles. The highest BCUT2D eigenvalue weighted by molar-refractivity contribution is 7.99. The minimum Gasteiger partial charge on any atom is -0.258 e. The van der Waals surface area contributed by atoms with Gasteiger partial charge < -0.3 is 0 Å². The molecule has 0 saturated carbocycles. The van der Waals surface area contributed by atoms with Gasteiger partial charge in [0.1, 0.15) is 0 Å². The Morgan fingerprint density at radius 1 is 1.16 bits per heavy atom. The number of aryl methyl sites for hydroxylation is 2. The summed E-state index contributed by atoms with van der Waals surface area (Å²) in [4.78, 5) is 50.2. The zero-order valence-electron chi connectivity index (χ0n) is 13.3. The number of carbonyl (C=O) groups excluding carboxylic acids is 1. The smallest absolute Gasteiger partial charge is 0.258 e. The van der Waals surface area contributed by atoms with E-state index in [1.807, 2.05) is 31.2 Å². The molecule has 0 heterocycles. The third-order valence-electron chi connectivity index (χ3n) is 3.45. The summed E-state index contributed by atoms with van der Waals surface area (Å²) in [7, 11) is -4.78. The van der Waals surface area contributed by atoms with Gasteiger partial charge in [-0.05, 0) is 25.0 Å². The molecule has 0 bridgehead atoms. The van der Waals surface area contributed by atoms with E-state index >= 15 is 0 Å². The van der Waals surface area contributed by atoms with Gasteiger partial charge in [-0.3, -0.25) is 10.1 Å². The highest BCUT2D eigenvalue weighted by Crippen LogP contribution is 2.49. The summed E-state index contributed by atoms with van der Waals surface area (Å²) < 4.78 is 0. The Hall–Kier alpha value is -1.83. The molecule has 0 saturated heterocycles. The van der Waals surface area contributed by atoms with Gasteiger partial charge in [-0.2, -0.15) is 14.7 Å². The Morgan fingerprint density at radius 2 is 1.80 bits per heavy atom. The molecule has 0 amide bonds. The number of non-ortho nitro benzene ring substituents is 1. The minimum absolute atomic E-state index is 0.260. The summed E-state index contributed by atoms with van der Waals surface area (Å²) >= 11 is 1.25. The number of rotatable bonds is 7. The summed E-state index contributed by atoms with van der Waals surface area (Å²) in [5.41, 5.74) is 0.327. The molecule has 2 aromatic rings. The van der Waals surface area contributed by atoms with E-state index < -0.39 is 18.4 Å². The van der Waals surface area contributed by atoms with Crippen LogP contribution in [0.25, 0.3) is 0 Å². The van der Waals surface area contributed by atoms with Gasteiger partial charge in [0, 0.05) is 22.8 Å². The Balaban J connectivity index is 2.19. The van der Waals surface area contributed by atoms with Crippen LogP contribution in [0.3, 0.4) is 0 Å². The van der Waals surface area contributed by atoms with Crippen molar-refractivity contribution in [1.29, 1.82) is 0 Å². The van der Waals surface area contributed by atoms with Crippen LogP contribution in [0.4, 0.5) is 5.69 Å². The van der Waals surface area contributed by atoms with Gasteiger partial charge in [0.25, 0.3) is 5.69 Å². The zero-order chi connectivity index (χ0) is 18.6. The molecule has 25 heavy (non-hydrogen) atoms. The molecule has 0 spiro atoms. The second-order valence-electron chi connectivity index (χ2n) is 5.40. The van der Waals surface area contributed by atoms with Gasteiger partial charge in [0.05, 0.1) is 10.5 Å². The molecule has 0 radical (unpaired) electrons. The molecule has 2 aromatic carbocycles. The van der Waals surface area contributed by atoms with Crippen LogP contribution in [-0.2, 0) is 6.42 Å². The maximum absolute atomic E-state index is 12.0. The standard InChI is InChI=1S/C16H17NO6PS/c1-11-2-4-12(5-3-11)8-9-25-15-7-6-13(17(19)20)10-14(15)16(18)24(21,22)23/h2-7,10,21-23H,8-9H2,1H3/q+1. The van der Waals surface area contributed by atoms with Crippen molar-refractivity contribution in [1.82, 2.24) is 0 Å². The third kappa shape index (κ3) is 5.32. The van der Waals surface area contributed by atoms with Crippen molar-refractivity contribution in [2.75, 3.05) is 5.75 Å². The molecule has 132 valence electrons. The molecule has 0 aromatic heterocycles. The van der Waals surface area contributed by atoms with E-state index in [-0.39, 0.29) is 11.3 Å². The minimum atomic E-state index is -4.78. The maximum Gasteiger partial charge on any atom is 0.483 e. The van der Waals surface area contributed by atoms with Gasteiger partial charge in [0.2, 0.25) is 0 Å². The summed E-state index contributed by atoms with van der Waals surface area (Å²) in [5.74, 6) is 0.578. The van der Waals surface area contributed by atoms with Gasteiger partial charge in [-0.15, -0.1) is 11.8 Å². The van der Waals surface area contributed by atoms with E-state index in [2.05, 4.69) is 0 Å². The second-order valence-corrected chi connectivity index (χ2v) is 8.07. The van der Waals surface area contributed by atoms with Crippen molar-refractivity contribution in [2.45, 2.75) is 18.2 Å². The number of nitro groups is 1. The van der Waals surface area contributed by atoms with Crippen LogP contribution < -0.4 is 0 Å². The van der Waals surface area contributed by atoms with Crippen molar-refractivity contribution in [2.24, 2.45) is 0 Å². The molecule has 0 aliphatic rings. The molecule has 9 heteroatoms. The van der Waals surface area contributed by atoms with Crippen LogP contribution in [-0.4, -0.2) is 30.9 Å². The van der Waals surface area contributed by atoms with Crippen LogP contribution in [0.15, 0.2) is 47.4 Å². The molecular weight excluding hydrogens is 365 g/mol. The Labute approximate surface area is 149 Å². The maximum atomic E-state index is 12.0. The van der Waals surface area contributed by atoms with E-state index in [9.17, 15) is 29.6 Å². The third-order valence-corrected chi connectivity index (χ3v) is 5.31. The van der Waals surface area contributed by atoms with Crippen molar-refractivity contribution >= 4 is 30.9 Å². The second kappa shape index (κ2) is 8.03. The van der Waals surface area contributed by atoms with E-state index in [1.54, 1.807) is 0 Å². The zero-order valence-corrected chi connectivity index (χ0v) is 15.0. The Bertz CT molecular complexity index is 788. The first-order valence-electron chi connectivity index (χ1n) is 7.27. The van der Waals surface area contributed by atoms with E-state index in [0.29, 0.717) is 17.1 Å². The van der Waals surface area contributed by atoms with Crippen LogP contribution in [0.5, 0.6) is 0 Å². The Kier molecular flexibility index (Phi) is 6.26. The first-order valence-corrected chi connectivity index (χ1v) is 9.91. The molecule has 3 N–H and O–H groups in total. The van der Waals surface area contributed by atoms with Crippen molar-refractivity contribution < 1.29 is 24.4 Å². The average molecular weight is 382 g/mol. The number of hydrogen-bond donors (Lipinski definition) is 3. The molecule has 0 fully saturated rings. The normalized spacial score (nSPS) is 11.4. The monoisotopic (exact) mass is 382 g/mol. The van der Waals surface area contributed by atoms with Crippen LogP contribution in [0, 0.1) is 17.0 Å². The van der Waals surface area contributed by atoms with Crippen LogP contribution in [0.2, 0.25) is 0 Å². The lowest BCUT2D eigenvalue weighted by atomic mass is 10.1. The number of benzene rings is 2. The van der Waals surface area contributed by atoms with Crippen LogP contribution in [0.1, 0.15) is 21.5 Å². The van der Waals surface area contributed by atoms with Crippen molar-refractivity contribution in [3.63, 3.8) is 0 Å².